The topological polar surface area (TPSA) is 72.9 Å². The molecule has 6 nitrogen and oxygen atoms in total. The monoisotopic (exact) mass is 317 g/mol. The van der Waals surface area contributed by atoms with E-state index in [9.17, 15) is 17.1 Å². The smallest absolute Gasteiger partial charge is 0.307 e. The maximum Gasteiger partial charge on any atom is 0.307 e. The van der Waals surface area contributed by atoms with Crippen molar-refractivity contribution in [2.75, 3.05) is 20.8 Å². The van der Waals surface area contributed by atoms with E-state index in [4.69, 9.17) is 9.47 Å². The second-order valence-corrected chi connectivity index (χ2v) is 6.33. The van der Waals surface area contributed by atoms with Crippen molar-refractivity contribution in [3.63, 3.8) is 0 Å². The Morgan fingerprint density at radius 3 is 2.29 bits per heavy atom. The molecule has 0 radical (unpaired) electrons. The van der Waals surface area contributed by atoms with Crippen LogP contribution in [0.15, 0.2) is 18.2 Å². The molecule has 0 spiro atoms. The van der Waals surface area contributed by atoms with E-state index in [0.717, 1.165) is 0 Å². The van der Waals surface area contributed by atoms with E-state index >= 15 is 0 Å². The van der Waals surface area contributed by atoms with Gasteiger partial charge in [-0.3, -0.25) is 4.79 Å². The molecule has 0 saturated carbocycles. The standard InChI is InChI=1S/C13H16FNO5S/c1-19-11-4-3-5-12(20-2)10(11)8-15-7-9(6-13(15)16)21(14,17)18/h3-5,9H,6-8H2,1-2H3. The molecule has 0 N–H and O–H groups in total. The van der Waals surface area contributed by atoms with Crippen molar-refractivity contribution < 1.29 is 26.6 Å². The third-order valence-electron chi connectivity index (χ3n) is 3.46. The van der Waals surface area contributed by atoms with E-state index in [1.807, 2.05) is 0 Å². The van der Waals surface area contributed by atoms with E-state index in [0.29, 0.717) is 17.1 Å². The lowest BCUT2D eigenvalue weighted by Gasteiger charge is -2.20. The molecule has 0 aromatic heterocycles. The van der Waals surface area contributed by atoms with Gasteiger partial charge in [0, 0.05) is 13.0 Å². The van der Waals surface area contributed by atoms with Crippen molar-refractivity contribution in [1.29, 1.82) is 0 Å². The lowest BCUT2D eigenvalue weighted by atomic mass is 10.1. The number of rotatable bonds is 5. The third-order valence-corrected chi connectivity index (χ3v) is 4.57. The normalized spacial score (nSPS) is 18.9. The van der Waals surface area contributed by atoms with Crippen LogP contribution in [0.2, 0.25) is 0 Å². The Balaban J connectivity index is 2.25. The van der Waals surface area contributed by atoms with Gasteiger partial charge in [-0.1, -0.05) is 6.07 Å². The third kappa shape index (κ3) is 3.26. The largest absolute Gasteiger partial charge is 0.496 e. The molecule has 1 aliphatic rings. The summed E-state index contributed by atoms with van der Waals surface area (Å²) in [6.07, 6.45) is -0.337. The molecule has 1 unspecified atom stereocenters. The SMILES string of the molecule is COc1cccc(OC)c1CN1CC(S(=O)(=O)F)CC1=O. The van der Waals surface area contributed by atoms with Crippen molar-refractivity contribution in [2.45, 2.75) is 18.2 Å². The number of nitrogens with zero attached hydrogens (tertiary/aromatic N) is 1. The Bertz CT molecular complexity index is 624. The fourth-order valence-corrected chi connectivity index (χ4v) is 3.05. The molecule has 1 aromatic carbocycles. The minimum atomic E-state index is -4.72. The van der Waals surface area contributed by atoms with Gasteiger partial charge in [0.2, 0.25) is 5.91 Å². The fourth-order valence-electron chi connectivity index (χ4n) is 2.35. The Kier molecular flexibility index (Phi) is 4.36. The summed E-state index contributed by atoms with van der Waals surface area (Å²) in [6.45, 7) is -0.0586. The summed E-state index contributed by atoms with van der Waals surface area (Å²) in [6, 6.07) is 5.16. The van der Waals surface area contributed by atoms with Crippen LogP contribution < -0.4 is 9.47 Å². The maximum atomic E-state index is 13.0. The number of carbonyl (C=O) groups is 1. The number of ether oxygens (including phenoxy) is 2. The number of carbonyl (C=O) groups excluding carboxylic acids is 1. The number of amides is 1. The first-order chi connectivity index (χ1) is 9.86. The van der Waals surface area contributed by atoms with Crippen molar-refractivity contribution in [3.05, 3.63) is 23.8 Å². The Labute approximate surface area is 122 Å². The second-order valence-electron chi connectivity index (χ2n) is 4.72. The lowest BCUT2D eigenvalue weighted by molar-refractivity contribution is -0.128. The summed E-state index contributed by atoms with van der Waals surface area (Å²) >= 11 is 0. The van der Waals surface area contributed by atoms with Crippen molar-refractivity contribution in [3.8, 4) is 11.5 Å². The predicted molar refractivity (Wildman–Crippen MR) is 73.4 cm³/mol. The zero-order valence-corrected chi connectivity index (χ0v) is 12.5. The lowest BCUT2D eigenvalue weighted by Crippen LogP contribution is -2.27. The maximum absolute atomic E-state index is 13.0. The molecule has 1 amide bonds. The molecule has 2 rings (SSSR count). The van der Waals surface area contributed by atoms with Crippen molar-refractivity contribution in [2.24, 2.45) is 0 Å². The summed E-state index contributed by atoms with van der Waals surface area (Å²) in [5.41, 5.74) is 0.618. The van der Waals surface area contributed by atoms with Crippen LogP contribution in [0.3, 0.4) is 0 Å². The predicted octanol–water partition coefficient (Wildman–Crippen LogP) is 1.10. The molecule has 0 bridgehead atoms. The van der Waals surface area contributed by atoms with Crippen LogP contribution in [0.25, 0.3) is 0 Å². The summed E-state index contributed by atoms with van der Waals surface area (Å²) in [4.78, 5) is 13.1. The van der Waals surface area contributed by atoms with Gasteiger partial charge in [-0.15, -0.1) is 3.89 Å². The van der Waals surface area contributed by atoms with E-state index < -0.39 is 21.4 Å². The van der Waals surface area contributed by atoms with Crippen LogP contribution in [0.4, 0.5) is 3.89 Å². The van der Waals surface area contributed by atoms with E-state index in [1.165, 1.54) is 19.1 Å². The Hall–Kier alpha value is -1.83. The van der Waals surface area contributed by atoms with Gasteiger partial charge in [0.15, 0.2) is 0 Å². The fraction of sp³-hybridized carbons (Fsp3) is 0.462. The van der Waals surface area contributed by atoms with Gasteiger partial charge < -0.3 is 14.4 Å². The Morgan fingerprint density at radius 1 is 1.29 bits per heavy atom. The zero-order chi connectivity index (χ0) is 15.6. The van der Waals surface area contributed by atoms with E-state index in [2.05, 4.69) is 0 Å². The number of methoxy groups -OCH3 is 2. The van der Waals surface area contributed by atoms with Gasteiger partial charge in [0.25, 0.3) is 0 Å². The highest BCUT2D eigenvalue weighted by atomic mass is 32.3. The quantitative estimate of drug-likeness (QED) is 0.761. The van der Waals surface area contributed by atoms with Gasteiger partial charge in [-0.05, 0) is 12.1 Å². The van der Waals surface area contributed by atoms with E-state index in [1.54, 1.807) is 18.2 Å². The Morgan fingerprint density at radius 2 is 1.86 bits per heavy atom. The van der Waals surface area contributed by atoms with Crippen LogP contribution in [0.1, 0.15) is 12.0 Å². The first-order valence-corrected chi connectivity index (χ1v) is 7.72. The molecule has 1 fully saturated rings. The first-order valence-electron chi connectivity index (χ1n) is 6.28. The van der Waals surface area contributed by atoms with Crippen molar-refractivity contribution in [1.82, 2.24) is 4.90 Å². The molecule has 1 heterocycles. The molecule has 1 atom stereocenters. The minimum absolute atomic E-state index is 0.109. The summed E-state index contributed by atoms with van der Waals surface area (Å²) in [7, 11) is -1.75. The molecule has 1 aliphatic heterocycles. The number of hydrogen-bond acceptors (Lipinski definition) is 5. The molecular formula is C13H16FNO5S. The van der Waals surface area contributed by atoms with Gasteiger partial charge in [0.1, 0.15) is 16.7 Å². The molecule has 21 heavy (non-hydrogen) atoms. The van der Waals surface area contributed by atoms with Crippen molar-refractivity contribution >= 4 is 16.1 Å². The molecule has 8 heteroatoms. The van der Waals surface area contributed by atoms with Gasteiger partial charge in [-0.2, -0.15) is 8.42 Å². The average Bonchev–Trinajstić information content (AvgIpc) is 2.80. The highest BCUT2D eigenvalue weighted by molar-refractivity contribution is 7.87. The molecule has 1 aromatic rings. The first kappa shape index (κ1) is 15.6. The molecular weight excluding hydrogens is 301 g/mol. The molecule has 0 aliphatic carbocycles. The van der Waals surface area contributed by atoms with Gasteiger partial charge >= 0.3 is 10.2 Å². The van der Waals surface area contributed by atoms with Crippen LogP contribution in [0, 0.1) is 0 Å². The van der Waals surface area contributed by atoms with Gasteiger partial charge in [0.05, 0.1) is 26.3 Å². The van der Waals surface area contributed by atoms with Crippen LogP contribution in [-0.4, -0.2) is 45.2 Å². The molecule has 1 saturated heterocycles. The van der Waals surface area contributed by atoms with Crippen LogP contribution >= 0.6 is 0 Å². The highest BCUT2D eigenvalue weighted by Crippen LogP contribution is 2.31. The van der Waals surface area contributed by atoms with Crippen LogP contribution in [-0.2, 0) is 21.6 Å². The average molecular weight is 317 g/mol. The number of hydrogen-bond donors (Lipinski definition) is 0. The zero-order valence-electron chi connectivity index (χ0n) is 11.7. The highest BCUT2D eigenvalue weighted by Gasteiger charge is 2.38. The summed E-state index contributed by atoms with van der Waals surface area (Å²) in [5, 5.41) is -1.30. The number of likely N-dealkylation sites (tertiary alicyclic amines) is 1. The molecule has 116 valence electrons. The minimum Gasteiger partial charge on any atom is -0.496 e. The van der Waals surface area contributed by atoms with E-state index in [-0.39, 0.29) is 19.5 Å². The van der Waals surface area contributed by atoms with Crippen LogP contribution in [0.5, 0.6) is 11.5 Å². The number of benzene rings is 1. The summed E-state index contributed by atoms with van der Waals surface area (Å²) in [5.74, 6) is 0.636. The number of halogens is 1. The second kappa shape index (κ2) is 5.88. The van der Waals surface area contributed by atoms with Gasteiger partial charge in [-0.25, -0.2) is 0 Å². The summed E-state index contributed by atoms with van der Waals surface area (Å²) < 4.78 is 45.3.